The van der Waals surface area contributed by atoms with Crippen LogP contribution in [0.25, 0.3) is 0 Å². The van der Waals surface area contributed by atoms with Gasteiger partial charge in [0.25, 0.3) is 5.91 Å². The van der Waals surface area contributed by atoms with Gasteiger partial charge in [-0.3, -0.25) is 4.79 Å². The molecule has 0 aromatic heterocycles. The highest BCUT2D eigenvalue weighted by atomic mass is 127. The largest absolute Gasteiger partial charge is 0.493 e. The number of ether oxygens (including phenoxy) is 2. The van der Waals surface area contributed by atoms with Gasteiger partial charge >= 0.3 is 0 Å². The fourth-order valence-electron chi connectivity index (χ4n) is 2.74. The van der Waals surface area contributed by atoms with Gasteiger partial charge in [0.05, 0.1) is 17.8 Å². The van der Waals surface area contributed by atoms with Gasteiger partial charge < -0.3 is 9.47 Å². The number of rotatable bonds is 7. The average Bonchev–Trinajstić information content (AvgIpc) is 2.73. The minimum atomic E-state index is -0.269. The zero-order valence-corrected chi connectivity index (χ0v) is 20.2. The first-order chi connectivity index (χ1) is 14.5. The van der Waals surface area contributed by atoms with E-state index in [-0.39, 0.29) is 5.91 Å². The van der Waals surface area contributed by atoms with Gasteiger partial charge in [-0.25, -0.2) is 5.43 Å². The average molecular weight is 579 g/mol. The normalized spacial score (nSPS) is 10.8. The Kier molecular flexibility index (Phi) is 7.87. The van der Waals surface area contributed by atoms with Crippen LogP contribution in [-0.4, -0.2) is 19.2 Å². The molecule has 1 N–H and O–H groups in total. The lowest BCUT2D eigenvalue weighted by Crippen LogP contribution is -2.17. The molecule has 0 radical (unpaired) electrons. The fraction of sp³-hybridized carbons (Fsp3) is 0.130. The molecule has 0 aliphatic carbocycles. The highest BCUT2D eigenvalue weighted by molar-refractivity contribution is 14.1. The van der Waals surface area contributed by atoms with Gasteiger partial charge in [-0.05, 0) is 92.5 Å². The zero-order chi connectivity index (χ0) is 21.5. The summed E-state index contributed by atoms with van der Waals surface area (Å²) in [4.78, 5) is 12.2. The molecule has 1 amide bonds. The van der Waals surface area contributed by atoms with Crippen molar-refractivity contribution in [2.24, 2.45) is 5.10 Å². The second-order valence-corrected chi connectivity index (χ2v) is 8.56. The van der Waals surface area contributed by atoms with Crippen LogP contribution >= 0.6 is 38.5 Å². The van der Waals surface area contributed by atoms with Crippen molar-refractivity contribution >= 4 is 50.6 Å². The van der Waals surface area contributed by atoms with Crippen LogP contribution in [0.15, 0.2) is 70.2 Å². The molecule has 3 aromatic rings. The number of hydrogen-bond acceptors (Lipinski definition) is 4. The Morgan fingerprint density at radius 1 is 1.17 bits per heavy atom. The summed E-state index contributed by atoms with van der Waals surface area (Å²) in [6.07, 6.45) is 1.56. The quantitative estimate of drug-likeness (QED) is 0.222. The number of methoxy groups -OCH3 is 1. The first-order valence-electron chi connectivity index (χ1n) is 9.11. The van der Waals surface area contributed by atoms with Gasteiger partial charge in [-0.2, -0.15) is 5.10 Å². The fourth-order valence-corrected chi connectivity index (χ4v) is 3.85. The second kappa shape index (κ2) is 10.6. The summed E-state index contributed by atoms with van der Waals surface area (Å²) in [7, 11) is 1.59. The van der Waals surface area contributed by atoms with Crippen LogP contribution < -0.4 is 14.9 Å². The molecule has 0 saturated heterocycles. The van der Waals surface area contributed by atoms with Gasteiger partial charge in [0, 0.05) is 9.13 Å². The van der Waals surface area contributed by atoms with Crippen LogP contribution in [0.4, 0.5) is 0 Å². The number of carbonyl (C=O) groups excluding carboxylic acids is 1. The molecule has 0 heterocycles. The molecule has 3 aromatic carbocycles. The molecular weight excluding hydrogens is 559 g/mol. The zero-order valence-electron chi connectivity index (χ0n) is 16.5. The predicted molar refractivity (Wildman–Crippen MR) is 130 cm³/mol. The Morgan fingerprint density at radius 3 is 2.70 bits per heavy atom. The molecule has 5 nitrogen and oxygen atoms in total. The van der Waals surface area contributed by atoms with Crippen molar-refractivity contribution in [3.8, 4) is 11.5 Å². The van der Waals surface area contributed by atoms with Gasteiger partial charge in [0.1, 0.15) is 6.61 Å². The Morgan fingerprint density at radius 2 is 1.97 bits per heavy atom. The van der Waals surface area contributed by atoms with E-state index in [1.54, 1.807) is 31.5 Å². The van der Waals surface area contributed by atoms with Crippen LogP contribution in [0.1, 0.15) is 27.0 Å². The number of carbonyl (C=O) groups is 1. The van der Waals surface area contributed by atoms with Crippen molar-refractivity contribution in [3.63, 3.8) is 0 Å². The Labute approximate surface area is 197 Å². The van der Waals surface area contributed by atoms with Crippen molar-refractivity contribution in [2.45, 2.75) is 13.5 Å². The number of hydrogen-bond donors (Lipinski definition) is 1. The molecule has 0 aliphatic heterocycles. The lowest BCUT2D eigenvalue weighted by atomic mass is 10.1. The summed E-state index contributed by atoms with van der Waals surface area (Å²) in [5.41, 5.74) is 6.12. The van der Waals surface area contributed by atoms with Crippen LogP contribution in [0.3, 0.4) is 0 Å². The minimum Gasteiger partial charge on any atom is -0.493 e. The summed E-state index contributed by atoms with van der Waals surface area (Å²) in [6.45, 7) is 2.48. The van der Waals surface area contributed by atoms with E-state index in [0.717, 1.165) is 19.2 Å². The van der Waals surface area contributed by atoms with E-state index in [0.29, 0.717) is 23.7 Å². The van der Waals surface area contributed by atoms with Crippen LogP contribution in [0.2, 0.25) is 0 Å². The number of hydrazone groups is 1. The number of nitrogens with one attached hydrogen (secondary N) is 1. The molecule has 0 bridgehead atoms. The summed E-state index contributed by atoms with van der Waals surface area (Å²) in [6, 6.07) is 19.0. The highest BCUT2D eigenvalue weighted by Crippen LogP contribution is 2.37. The van der Waals surface area contributed by atoms with Crippen LogP contribution in [0.5, 0.6) is 11.5 Å². The molecule has 0 fully saturated rings. The third-order valence-electron chi connectivity index (χ3n) is 4.35. The van der Waals surface area contributed by atoms with Crippen molar-refractivity contribution in [2.75, 3.05) is 7.11 Å². The smallest absolute Gasteiger partial charge is 0.271 e. The Balaban J connectivity index is 1.71. The van der Waals surface area contributed by atoms with Gasteiger partial charge in [0.15, 0.2) is 11.5 Å². The summed E-state index contributed by atoms with van der Waals surface area (Å²) < 4.78 is 13.2. The lowest BCUT2D eigenvalue weighted by Gasteiger charge is -2.14. The third-order valence-corrected chi connectivity index (χ3v) is 5.61. The molecule has 0 saturated carbocycles. The topological polar surface area (TPSA) is 59.9 Å². The molecule has 7 heteroatoms. The van der Waals surface area contributed by atoms with E-state index in [2.05, 4.69) is 62.0 Å². The molecule has 0 aliphatic rings. The molecule has 0 atom stereocenters. The van der Waals surface area contributed by atoms with Crippen molar-refractivity contribution in [1.29, 1.82) is 0 Å². The Hall–Kier alpha value is -2.39. The first kappa shape index (κ1) is 22.3. The predicted octanol–water partition coefficient (Wildman–Crippen LogP) is 5.71. The summed E-state index contributed by atoms with van der Waals surface area (Å²) in [5.74, 6) is 0.915. The highest BCUT2D eigenvalue weighted by Gasteiger charge is 2.12. The standard InChI is InChI=1S/C23H20BrIN2O3/c1-15-6-3-4-7-18(15)14-30-22-20(24)10-16(11-21(22)29-2)13-26-27-23(28)17-8-5-9-19(25)12-17/h3-13H,14H2,1-2H3,(H,27,28)/b26-13-. The molecule has 3 rings (SSSR count). The monoisotopic (exact) mass is 578 g/mol. The number of amides is 1. The van der Waals surface area contributed by atoms with Gasteiger partial charge in [-0.1, -0.05) is 30.3 Å². The molecule has 30 heavy (non-hydrogen) atoms. The SMILES string of the molecule is COc1cc(/C=N\NC(=O)c2cccc(I)c2)cc(Br)c1OCc1ccccc1C. The van der Waals surface area contributed by atoms with Crippen LogP contribution in [-0.2, 0) is 6.61 Å². The van der Waals surface area contributed by atoms with E-state index in [1.807, 2.05) is 36.4 Å². The molecule has 0 spiro atoms. The van der Waals surface area contributed by atoms with E-state index in [4.69, 9.17) is 9.47 Å². The van der Waals surface area contributed by atoms with Crippen molar-refractivity contribution in [3.05, 3.63) is 91.0 Å². The molecular formula is C23H20BrIN2O3. The van der Waals surface area contributed by atoms with Crippen molar-refractivity contribution < 1.29 is 14.3 Å². The number of aryl methyl sites for hydroxylation is 1. The summed E-state index contributed by atoms with van der Waals surface area (Å²) in [5, 5.41) is 4.05. The lowest BCUT2D eigenvalue weighted by molar-refractivity contribution is 0.0955. The first-order valence-corrected chi connectivity index (χ1v) is 11.0. The maximum absolute atomic E-state index is 12.2. The van der Waals surface area contributed by atoms with E-state index < -0.39 is 0 Å². The third kappa shape index (κ3) is 5.82. The Bertz CT molecular complexity index is 1090. The van der Waals surface area contributed by atoms with E-state index >= 15 is 0 Å². The van der Waals surface area contributed by atoms with Crippen LogP contribution in [0, 0.1) is 10.5 Å². The summed E-state index contributed by atoms with van der Waals surface area (Å²) >= 11 is 5.70. The van der Waals surface area contributed by atoms with Crippen molar-refractivity contribution in [1.82, 2.24) is 5.43 Å². The molecule has 154 valence electrons. The van der Waals surface area contributed by atoms with E-state index in [9.17, 15) is 4.79 Å². The minimum absolute atomic E-state index is 0.269. The number of nitrogens with zero attached hydrogens (tertiary/aromatic N) is 1. The molecule has 0 unspecified atom stereocenters. The maximum atomic E-state index is 12.2. The van der Waals surface area contributed by atoms with Gasteiger partial charge in [-0.15, -0.1) is 0 Å². The van der Waals surface area contributed by atoms with E-state index in [1.165, 1.54) is 5.56 Å². The van der Waals surface area contributed by atoms with Gasteiger partial charge in [0.2, 0.25) is 0 Å². The maximum Gasteiger partial charge on any atom is 0.271 e. The number of benzene rings is 3. The second-order valence-electron chi connectivity index (χ2n) is 6.46. The number of halogens is 2.